The summed E-state index contributed by atoms with van der Waals surface area (Å²) in [7, 11) is -2.37. The summed E-state index contributed by atoms with van der Waals surface area (Å²) < 4.78 is 29.4. The molecule has 0 bridgehead atoms. The summed E-state index contributed by atoms with van der Waals surface area (Å²) in [5.74, 6) is -1.07. The van der Waals surface area contributed by atoms with Gasteiger partial charge in [0.15, 0.2) is 0 Å². The number of anilines is 1. The van der Waals surface area contributed by atoms with Crippen LogP contribution in [0.5, 0.6) is 0 Å². The highest BCUT2D eigenvalue weighted by Crippen LogP contribution is 2.27. The third-order valence-electron chi connectivity index (χ3n) is 6.11. The maximum absolute atomic E-state index is 13.5. The Balaban J connectivity index is 1.67. The molecule has 2 amide bonds. The van der Waals surface area contributed by atoms with Crippen LogP contribution in [-0.4, -0.2) is 45.2 Å². The van der Waals surface area contributed by atoms with Crippen molar-refractivity contribution in [3.05, 3.63) is 94.5 Å². The van der Waals surface area contributed by atoms with E-state index >= 15 is 0 Å². The number of carbonyl (C=O) groups excluding carboxylic acids is 2. The Bertz CT molecular complexity index is 1460. The van der Waals surface area contributed by atoms with E-state index in [0.717, 1.165) is 15.6 Å². The molecule has 1 aliphatic heterocycles. The normalized spacial score (nSPS) is 16.4. The summed E-state index contributed by atoms with van der Waals surface area (Å²) in [6.07, 6.45) is -1.02. The molecule has 2 atom stereocenters. The zero-order chi connectivity index (χ0) is 27.4. The second kappa shape index (κ2) is 11.6. The summed E-state index contributed by atoms with van der Waals surface area (Å²) in [6, 6.07) is 21.8. The smallest absolute Gasteiger partial charge is 0.272 e. The van der Waals surface area contributed by atoms with E-state index in [-0.39, 0.29) is 17.2 Å². The molecular formula is C28H29BrN4O4S. The number of halogens is 1. The van der Waals surface area contributed by atoms with E-state index in [0.29, 0.717) is 11.4 Å². The van der Waals surface area contributed by atoms with Gasteiger partial charge in [0.2, 0.25) is 22.1 Å². The Hall–Kier alpha value is -3.34. The van der Waals surface area contributed by atoms with Crippen molar-refractivity contribution in [2.24, 2.45) is 10.9 Å². The lowest BCUT2D eigenvalue weighted by Crippen LogP contribution is -2.53. The molecule has 2 N–H and O–H groups in total. The quantitative estimate of drug-likeness (QED) is 0.408. The molecule has 198 valence electrons. The Morgan fingerprint density at radius 3 is 2.29 bits per heavy atom. The van der Waals surface area contributed by atoms with Crippen LogP contribution in [-0.2, 0) is 19.6 Å². The minimum Gasteiger partial charge on any atom is -0.325 e. The SMILES string of the molecule is CC(C)CC(NS(=O)(=O)c1ccc(Br)cc1)C(=O)NC1N=C(c2ccccc2)c2ccccc2N(C)C1=O. The topological polar surface area (TPSA) is 108 Å². The third kappa shape index (κ3) is 6.20. The van der Waals surface area contributed by atoms with Gasteiger partial charge in [0, 0.05) is 22.6 Å². The van der Waals surface area contributed by atoms with Crippen LogP contribution in [0.2, 0.25) is 0 Å². The number of sulfonamides is 1. The molecule has 0 aromatic heterocycles. The molecule has 3 aromatic rings. The van der Waals surface area contributed by atoms with Crippen LogP contribution in [0.15, 0.2) is 93.2 Å². The van der Waals surface area contributed by atoms with Gasteiger partial charge in [0.05, 0.1) is 16.3 Å². The van der Waals surface area contributed by atoms with E-state index in [9.17, 15) is 18.0 Å². The van der Waals surface area contributed by atoms with E-state index < -0.39 is 34.0 Å². The molecule has 0 aliphatic carbocycles. The highest BCUT2D eigenvalue weighted by Gasteiger charge is 2.34. The summed E-state index contributed by atoms with van der Waals surface area (Å²) in [5, 5.41) is 2.71. The third-order valence-corrected chi connectivity index (χ3v) is 8.13. The Morgan fingerprint density at radius 1 is 1.00 bits per heavy atom. The van der Waals surface area contributed by atoms with Crippen molar-refractivity contribution in [1.29, 1.82) is 0 Å². The second-order valence-corrected chi connectivity index (χ2v) is 12.1. The van der Waals surface area contributed by atoms with Gasteiger partial charge in [-0.15, -0.1) is 0 Å². The van der Waals surface area contributed by atoms with Gasteiger partial charge in [-0.05, 0) is 42.7 Å². The average molecular weight is 598 g/mol. The van der Waals surface area contributed by atoms with E-state index in [1.165, 1.54) is 17.0 Å². The number of likely N-dealkylation sites (N-methyl/N-ethyl adjacent to an activating group) is 1. The molecule has 0 fully saturated rings. The molecule has 0 saturated heterocycles. The van der Waals surface area contributed by atoms with Crippen molar-refractivity contribution in [1.82, 2.24) is 10.0 Å². The van der Waals surface area contributed by atoms with E-state index in [1.54, 1.807) is 19.2 Å². The number of benzene rings is 3. The lowest BCUT2D eigenvalue weighted by atomic mass is 10.0. The number of para-hydroxylation sites is 1. The van der Waals surface area contributed by atoms with Crippen LogP contribution in [0, 0.1) is 5.92 Å². The fourth-order valence-corrected chi connectivity index (χ4v) is 5.70. The predicted molar refractivity (Wildman–Crippen MR) is 152 cm³/mol. The van der Waals surface area contributed by atoms with Crippen LogP contribution in [0.25, 0.3) is 0 Å². The first-order valence-corrected chi connectivity index (χ1v) is 14.4. The first-order chi connectivity index (χ1) is 18.1. The van der Waals surface area contributed by atoms with Gasteiger partial charge < -0.3 is 10.2 Å². The first-order valence-electron chi connectivity index (χ1n) is 12.2. The molecular weight excluding hydrogens is 568 g/mol. The lowest BCUT2D eigenvalue weighted by molar-refractivity contribution is -0.128. The van der Waals surface area contributed by atoms with Gasteiger partial charge in [-0.2, -0.15) is 4.72 Å². The highest BCUT2D eigenvalue weighted by atomic mass is 79.9. The van der Waals surface area contributed by atoms with Crippen molar-refractivity contribution < 1.29 is 18.0 Å². The number of hydrogen-bond acceptors (Lipinski definition) is 5. The number of aliphatic imine (C=N–C) groups is 1. The molecule has 0 radical (unpaired) electrons. The number of carbonyl (C=O) groups is 2. The molecule has 1 aliphatic rings. The summed E-state index contributed by atoms with van der Waals surface area (Å²) in [5.41, 5.74) is 2.75. The zero-order valence-corrected chi connectivity index (χ0v) is 23.7. The van der Waals surface area contributed by atoms with Crippen molar-refractivity contribution in [3.63, 3.8) is 0 Å². The largest absolute Gasteiger partial charge is 0.325 e. The number of rotatable bonds is 8. The minimum absolute atomic E-state index is 0.00138. The predicted octanol–water partition coefficient (Wildman–Crippen LogP) is 4.10. The molecule has 1 heterocycles. The van der Waals surface area contributed by atoms with Crippen LogP contribution in [0.1, 0.15) is 31.4 Å². The molecule has 0 spiro atoms. The Kier molecular flexibility index (Phi) is 8.44. The van der Waals surface area contributed by atoms with Gasteiger partial charge in [0.25, 0.3) is 5.91 Å². The number of amides is 2. The molecule has 38 heavy (non-hydrogen) atoms. The van der Waals surface area contributed by atoms with Gasteiger partial charge in [0.1, 0.15) is 6.04 Å². The summed E-state index contributed by atoms with van der Waals surface area (Å²) >= 11 is 3.30. The van der Waals surface area contributed by atoms with Crippen molar-refractivity contribution in [2.45, 2.75) is 37.4 Å². The number of nitrogens with one attached hydrogen (secondary N) is 2. The standard InChI is InChI=1S/C28H29BrN4O4S/c1-18(2)17-23(32-38(36,37)21-15-13-20(29)14-16-21)27(34)31-26-28(35)33(3)24-12-8-7-11-22(24)25(30-26)19-9-5-4-6-10-19/h4-16,18,23,26,32H,17H2,1-3H3,(H,31,34). The molecule has 10 heteroatoms. The minimum atomic E-state index is -4.00. The summed E-state index contributed by atoms with van der Waals surface area (Å²) in [4.78, 5) is 33.2. The number of nitrogens with zero attached hydrogens (tertiary/aromatic N) is 2. The van der Waals surface area contributed by atoms with Gasteiger partial charge in [-0.25, -0.2) is 13.4 Å². The van der Waals surface area contributed by atoms with Crippen LogP contribution >= 0.6 is 15.9 Å². The number of benzodiazepines with no additional fused rings is 1. The van der Waals surface area contributed by atoms with Crippen LogP contribution < -0.4 is 14.9 Å². The maximum Gasteiger partial charge on any atom is 0.272 e. The molecule has 3 aromatic carbocycles. The van der Waals surface area contributed by atoms with Crippen LogP contribution in [0.3, 0.4) is 0 Å². The van der Waals surface area contributed by atoms with Gasteiger partial charge >= 0.3 is 0 Å². The van der Waals surface area contributed by atoms with Crippen molar-refractivity contribution >= 4 is 49.2 Å². The van der Waals surface area contributed by atoms with E-state index in [4.69, 9.17) is 4.99 Å². The van der Waals surface area contributed by atoms with Gasteiger partial charge in [-0.1, -0.05) is 78.3 Å². The maximum atomic E-state index is 13.5. The van der Waals surface area contributed by atoms with Crippen molar-refractivity contribution in [2.75, 3.05) is 11.9 Å². The van der Waals surface area contributed by atoms with Crippen LogP contribution in [0.4, 0.5) is 5.69 Å². The van der Waals surface area contributed by atoms with Crippen molar-refractivity contribution in [3.8, 4) is 0 Å². The number of fused-ring (bicyclic) bond motifs is 1. The fraction of sp³-hybridized carbons (Fsp3) is 0.250. The molecule has 4 rings (SSSR count). The van der Waals surface area contributed by atoms with E-state index in [1.807, 2.05) is 68.4 Å². The Morgan fingerprint density at radius 2 is 1.63 bits per heavy atom. The lowest BCUT2D eigenvalue weighted by Gasteiger charge is -2.24. The average Bonchev–Trinajstić information content (AvgIpc) is 2.99. The second-order valence-electron chi connectivity index (χ2n) is 9.43. The fourth-order valence-electron chi connectivity index (χ4n) is 4.23. The zero-order valence-electron chi connectivity index (χ0n) is 21.3. The summed E-state index contributed by atoms with van der Waals surface area (Å²) in [6.45, 7) is 3.78. The monoisotopic (exact) mass is 596 g/mol. The molecule has 0 saturated carbocycles. The number of hydrogen-bond donors (Lipinski definition) is 2. The first kappa shape index (κ1) is 27.7. The highest BCUT2D eigenvalue weighted by molar-refractivity contribution is 9.10. The van der Waals surface area contributed by atoms with E-state index in [2.05, 4.69) is 26.0 Å². The Labute approximate surface area is 231 Å². The van der Waals surface area contributed by atoms with Gasteiger partial charge in [-0.3, -0.25) is 9.59 Å². The molecule has 2 unspecified atom stereocenters. The molecule has 8 nitrogen and oxygen atoms in total.